The number of hydrogen-bond acceptors (Lipinski definition) is 5. The minimum absolute atomic E-state index is 0.0871. The highest BCUT2D eigenvalue weighted by Gasteiger charge is 2.26. The minimum atomic E-state index is -0.243. The third-order valence-corrected chi connectivity index (χ3v) is 6.17. The van der Waals surface area contributed by atoms with Crippen LogP contribution in [0.15, 0.2) is 18.2 Å². The molecular weight excluding hydrogens is 396 g/mol. The van der Waals surface area contributed by atoms with Crippen LogP contribution in [0, 0.1) is 5.92 Å². The first-order valence-corrected chi connectivity index (χ1v) is 11.2. The van der Waals surface area contributed by atoms with E-state index in [0.717, 1.165) is 32.2 Å². The van der Waals surface area contributed by atoms with Crippen molar-refractivity contribution >= 4 is 17.6 Å². The first-order chi connectivity index (χ1) is 14.9. The Morgan fingerprint density at radius 1 is 1.26 bits per heavy atom. The Hall–Kier alpha value is -2.32. The van der Waals surface area contributed by atoms with Crippen LogP contribution < -0.4 is 20.7 Å². The van der Waals surface area contributed by atoms with E-state index in [9.17, 15) is 9.59 Å². The summed E-state index contributed by atoms with van der Waals surface area (Å²) in [7, 11) is 3.44. The zero-order chi connectivity index (χ0) is 22.4. The van der Waals surface area contributed by atoms with Gasteiger partial charge in [-0.1, -0.05) is 19.8 Å². The van der Waals surface area contributed by atoms with Gasteiger partial charge in [-0.05, 0) is 43.9 Å². The number of fused-ring (bicyclic) bond motifs is 1. The highest BCUT2D eigenvalue weighted by atomic mass is 16.5. The first-order valence-electron chi connectivity index (χ1n) is 11.2. The van der Waals surface area contributed by atoms with Crippen molar-refractivity contribution in [1.29, 1.82) is 0 Å². The summed E-state index contributed by atoms with van der Waals surface area (Å²) >= 11 is 0. The van der Waals surface area contributed by atoms with E-state index in [1.165, 1.54) is 0 Å². The predicted molar refractivity (Wildman–Crippen MR) is 121 cm³/mol. The summed E-state index contributed by atoms with van der Waals surface area (Å²) in [5.41, 5.74) is 0.992. The standard InChI is InChI=1S/C23H36N4O4/c1-15-12-24-16(2)14-31-20-10-9-18(26-23(29)25-17-7-5-6-8-17)11-19(20)22(28)27(3)13-21(15)30-4/h9-11,15-17,21,24H,5-8,12-14H2,1-4H3,(H2,25,26,29)/t15-,16+,21+/m0/s1. The van der Waals surface area contributed by atoms with Crippen molar-refractivity contribution in [2.24, 2.45) is 5.92 Å². The number of amides is 3. The molecule has 8 nitrogen and oxygen atoms in total. The molecule has 1 fully saturated rings. The molecule has 2 aliphatic rings. The van der Waals surface area contributed by atoms with Gasteiger partial charge in [-0.15, -0.1) is 0 Å². The van der Waals surface area contributed by atoms with Crippen LogP contribution in [0.3, 0.4) is 0 Å². The van der Waals surface area contributed by atoms with Crippen molar-refractivity contribution in [3.63, 3.8) is 0 Å². The Labute approximate surface area is 185 Å². The monoisotopic (exact) mass is 432 g/mol. The number of anilines is 1. The second-order valence-corrected chi connectivity index (χ2v) is 8.85. The quantitative estimate of drug-likeness (QED) is 0.683. The van der Waals surface area contributed by atoms with Crippen LogP contribution in [-0.2, 0) is 4.74 Å². The van der Waals surface area contributed by atoms with Gasteiger partial charge < -0.3 is 30.3 Å². The van der Waals surface area contributed by atoms with Gasteiger partial charge in [0, 0.05) is 45.0 Å². The van der Waals surface area contributed by atoms with Crippen molar-refractivity contribution in [2.45, 2.75) is 57.7 Å². The summed E-state index contributed by atoms with van der Waals surface area (Å²) in [5.74, 6) is 0.578. The van der Waals surface area contributed by atoms with Gasteiger partial charge in [-0.3, -0.25) is 4.79 Å². The van der Waals surface area contributed by atoms with E-state index in [-0.39, 0.29) is 36.0 Å². The number of nitrogens with zero attached hydrogens (tertiary/aromatic N) is 1. The zero-order valence-electron chi connectivity index (χ0n) is 19.1. The fourth-order valence-electron chi connectivity index (χ4n) is 4.16. The van der Waals surface area contributed by atoms with Crippen LogP contribution in [0.25, 0.3) is 0 Å². The van der Waals surface area contributed by atoms with Crippen LogP contribution in [0.4, 0.5) is 10.5 Å². The van der Waals surface area contributed by atoms with E-state index in [1.54, 1.807) is 37.3 Å². The van der Waals surface area contributed by atoms with Crippen LogP contribution >= 0.6 is 0 Å². The number of ether oxygens (including phenoxy) is 2. The Morgan fingerprint density at radius 3 is 2.71 bits per heavy atom. The summed E-state index contributed by atoms with van der Waals surface area (Å²) in [5, 5.41) is 9.34. The number of rotatable bonds is 3. The number of benzene rings is 1. The Morgan fingerprint density at radius 2 is 2.00 bits per heavy atom. The molecule has 3 N–H and O–H groups in total. The maximum atomic E-state index is 13.3. The minimum Gasteiger partial charge on any atom is -0.491 e. The number of carbonyl (C=O) groups is 2. The molecule has 1 heterocycles. The molecule has 3 amide bonds. The molecule has 0 spiro atoms. The van der Waals surface area contributed by atoms with Gasteiger partial charge in [-0.25, -0.2) is 4.79 Å². The van der Waals surface area contributed by atoms with Crippen LogP contribution in [0.1, 0.15) is 49.9 Å². The smallest absolute Gasteiger partial charge is 0.319 e. The molecule has 0 saturated heterocycles. The number of urea groups is 1. The maximum absolute atomic E-state index is 13.3. The molecule has 0 aromatic heterocycles. The summed E-state index contributed by atoms with van der Waals surface area (Å²) in [6, 6.07) is 5.31. The molecule has 31 heavy (non-hydrogen) atoms. The van der Waals surface area contributed by atoms with Crippen molar-refractivity contribution in [2.75, 3.05) is 39.2 Å². The highest BCUT2D eigenvalue weighted by Crippen LogP contribution is 2.26. The lowest BCUT2D eigenvalue weighted by Gasteiger charge is -2.30. The summed E-state index contributed by atoms with van der Waals surface area (Å²) in [6.07, 6.45) is 4.24. The number of carbonyl (C=O) groups excluding carboxylic acids is 2. The van der Waals surface area contributed by atoms with Crippen LogP contribution in [-0.4, -0.2) is 68.9 Å². The molecular formula is C23H36N4O4. The van der Waals surface area contributed by atoms with E-state index < -0.39 is 0 Å². The lowest BCUT2D eigenvalue weighted by atomic mass is 10.0. The van der Waals surface area contributed by atoms with Gasteiger partial charge >= 0.3 is 6.03 Å². The number of hydrogen-bond donors (Lipinski definition) is 3. The van der Waals surface area contributed by atoms with E-state index in [2.05, 4.69) is 29.8 Å². The molecule has 3 atom stereocenters. The Balaban J connectivity index is 1.80. The molecule has 1 aliphatic heterocycles. The van der Waals surface area contributed by atoms with Gasteiger partial charge in [0.05, 0.1) is 11.7 Å². The summed E-state index contributed by atoms with van der Waals surface area (Å²) in [6.45, 7) is 5.83. The van der Waals surface area contributed by atoms with Crippen molar-refractivity contribution in [1.82, 2.24) is 15.5 Å². The molecule has 0 bridgehead atoms. The Kier molecular flexibility index (Phi) is 8.15. The van der Waals surface area contributed by atoms with Crippen LogP contribution in [0.5, 0.6) is 5.75 Å². The van der Waals surface area contributed by atoms with Gasteiger partial charge in [0.25, 0.3) is 5.91 Å². The lowest BCUT2D eigenvalue weighted by molar-refractivity contribution is 0.0281. The van der Waals surface area contributed by atoms with Crippen molar-refractivity contribution in [3.8, 4) is 5.75 Å². The average Bonchev–Trinajstić information content (AvgIpc) is 3.26. The summed E-state index contributed by atoms with van der Waals surface area (Å²) in [4.78, 5) is 27.3. The maximum Gasteiger partial charge on any atom is 0.319 e. The van der Waals surface area contributed by atoms with E-state index in [1.807, 2.05) is 0 Å². The molecule has 3 rings (SSSR count). The summed E-state index contributed by atoms with van der Waals surface area (Å²) < 4.78 is 11.6. The second-order valence-electron chi connectivity index (χ2n) is 8.85. The molecule has 0 radical (unpaired) electrons. The SMILES string of the molecule is CO[C@@H]1CN(C)C(=O)c2cc(NC(=O)NC3CCCC3)ccc2OC[C@@H](C)NC[C@@H]1C. The predicted octanol–water partition coefficient (Wildman–Crippen LogP) is 2.84. The van der Waals surface area contributed by atoms with Crippen molar-refractivity contribution < 1.29 is 19.1 Å². The first kappa shape index (κ1) is 23.3. The lowest BCUT2D eigenvalue weighted by Crippen LogP contribution is -2.44. The third kappa shape index (κ3) is 6.33. The molecule has 172 valence electrons. The Bertz CT molecular complexity index is 766. The fraction of sp³-hybridized carbons (Fsp3) is 0.652. The second kappa shape index (κ2) is 10.8. The van der Waals surface area contributed by atoms with E-state index >= 15 is 0 Å². The molecule has 1 aromatic rings. The zero-order valence-corrected chi connectivity index (χ0v) is 19.1. The molecule has 1 aliphatic carbocycles. The topological polar surface area (TPSA) is 91.9 Å². The third-order valence-electron chi connectivity index (χ3n) is 6.17. The number of nitrogens with one attached hydrogen (secondary N) is 3. The highest BCUT2D eigenvalue weighted by molar-refractivity contribution is 5.99. The van der Waals surface area contributed by atoms with Gasteiger partial charge in [-0.2, -0.15) is 0 Å². The van der Waals surface area contributed by atoms with Gasteiger partial charge in [0.15, 0.2) is 0 Å². The average molecular weight is 433 g/mol. The fourth-order valence-corrected chi connectivity index (χ4v) is 4.16. The molecule has 0 unspecified atom stereocenters. The molecule has 1 saturated carbocycles. The number of methoxy groups -OCH3 is 1. The molecule has 1 aromatic carbocycles. The van der Waals surface area contributed by atoms with E-state index in [4.69, 9.17) is 9.47 Å². The molecule has 8 heteroatoms. The normalized spacial score (nSPS) is 25.7. The largest absolute Gasteiger partial charge is 0.491 e. The van der Waals surface area contributed by atoms with Crippen molar-refractivity contribution in [3.05, 3.63) is 23.8 Å². The number of likely N-dealkylation sites (N-methyl/N-ethyl adjacent to an activating group) is 1. The van der Waals surface area contributed by atoms with Gasteiger partial charge in [0.1, 0.15) is 12.4 Å². The van der Waals surface area contributed by atoms with Crippen LogP contribution in [0.2, 0.25) is 0 Å². The van der Waals surface area contributed by atoms with E-state index in [0.29, 0.717) is 30.2 Å². The van der Waals surface area contributed by atoms with Gasteiger partial charge in [0.2, 0.25) is 0 Å².